The maximum Gasteiger partial charge on any atom is 0.138 e. The lowest BCUT2D eigenvalue weighted by atomic mass is 9.83. The first kappa shape index (κ1) is 17.2. The minimum absolute atomic E-state index is 0.120. The minimum atomic E-state index is 0.120. The molecule has 4 nitrogen and oxygen atoms in total. The van der Waals surface area contributed by atoms with E-state index in [1.54, 1.807) is 4.68 Å². The number of rotatable bonds is 8. The van der Waals surface area contributed by atoms with E-state index in [4.69, 9.17) is 17.3 Å². The van der Waals surface area contributed by atoms with Crippen LogP contribution in [0.3, 0.4) is 0 Å². The Labute approximate surface area is 126 Å². The van der Waals surface area contributed by atoms with Crippen LogP contribution in [0.5, 0.6) is 0 Å². The van der Waals surface area contributed by atoms with Gasteiger partial charge in [0, 0.05) is 19.9 Å². The van der Waals surface area contributed by atoms with Crippen molar-refractivity contribution in [2.45, 2.75) is 52.9 Å². The molecule has 1 heterocycles. The Hall–Kier alpha value is -0.870. The van der Waals surface area contributed by atoms with Crippen LogP contribution in [-0.2, 0) is 24.7 Å². The van der Waals surface area contributed by atoms with Crippen molar-refractivity contribution < 1.29 is 4.79 Å². The number of carbonyl (C=O) groups is 1. The monoisotopic (exact) mass is 299 g/mol. The van der Waals surface area contributed by atoms with Crippen LogP contribution in [0.15, 0.2) is 0 Å². The summed E-state index contributed by atoms with van der Waals surface area (Å²) in [6.07, 6.45) is 3.51. The van der Waals surface area contributed by atoms with Gasteiger partial charge in [-0.25, -0.2) is 0 Å². The Kier molecular flexibility index (Phi) is 6.21. The first-order chi connectivity index (χ1) is 9.30. The van der Waals surface area contributed by atoms with Crippen molar-refractivity contribution in [1.29, 1.82) is 0 Å². The van der Waals surface area contributed by atoms with Crippen molar-refractivity contribution in [2.24, 2.45) is 18.2 Å². The van der Waals surface area contributed by atoms with Crippen molar-refractivity contribution in [1.82, 2.24) is 9.78 Å². The summed E-state index contributed by atoms with van der Waals surface area (Å²) in [6, 6.07) is 0. The summed E-state index contributed by atoms with van der Waals surface area (Å²) >= 11 is 6.26. The van der Waals surface area contributed by atoms with Crippen LogP contribution in [0.2, 0.25) is 5.02 Å². The van der Waals surface area contributed by atoms with Crippen LogP contribution >= 0.6 is 11.6 Å². The smallest absolute Gasteiger partial charge is 0.138 e. The molecule has 1 aromatic rings. The number of carbonyl (C=O) groups excluding carboxylic acids is 1. The predicted molar refractivity (Wildman–Crippen MR) is 83.0 cm³/mol. The third-order valence-electron chi connectivity index (χ3n) is 3.77. The first-order valence-corrected chi connectivity index (χ1v) is 7.60. The lowest BCUT2D eigenvalue weighted by Crippen LogP contribution is -2.19. The number of nitrogens with zero attached hydrogens (tertiary/aromatic N) is 2. The topological polar surface area (TPSA) is 60.9 Å². The van der Waals surface area contributed by atoms with Gasteiger partial charge in [-0.15, -0.1) is 0 Å². The average molecular weight is 300 g/mol. The number of hydrogen-bond donors (Lipinski definition) is 1. The Morgan fingerprint density at radius 2 is 2.05 bits per heavy atom. The maximum atomic E-state index is 12.1. The van der Waals surface area contributed by atoms with Crippen molar-refractivity contribution in [3.05, 3.63) is 16.4 Å². The number of Topliss-reactive ketones (excluding diaryl/α,β-unsaturated/α-hetero) is 1. The molecular weight excluding hydrogens is 274 g/mol. The molecule has 0 atom stereocenters. The molecule has 0 bridgehead atoms. The number of ketones is 1. The molecule has 1 aromatic heterocycles. The fraction of sp³-hybridized carbons (Fsp3) is 0.733. The number of aromatic nitrogens is 2. The number of hydrogen-bond acceptors (Lipinski definition) is 3. The van der Waals surface area contributed by atoms with Gasteiger partial charge in [0.15, 0.2) is 0 Å². The van der Waals surface area contributed by atoms with Crippen LogP contribution in [0.1, 0.15) is 51.4 Å². The zero-order valence-electron chi connectivity index (χ0n) is 13.0. The van der Waals surface area contributed by atoms with E-state index in [-0.39, 0.29) is 11.2 Å². The quantitative estimate of drug-likeness (QED) is 0.803. The van der Waals surface area contributed by atoms with Gasteiger partial charge in [-0.3, -0.25) is 9.48 Å². The first-order valence-electron chi connectivity index (χ1n) is 7.22. The molecule has 0 fully saturated rings. The second-order valence-corrected chi connectivity index (χ2v) is 6.48. The van der Waals surface area contributed by atoms with Gasteiger partial charge in [-0.2, -0.15) is 5.10 Å². The Morgan fingerprint density at radius 3 is 2.55 bits per heavy atom. The summed E-state index contributed by atoms with van der Waals surface area (Å²) in [4.78, 5) is 12.1. The van der Waals surface area contributed by atoms with Gasteiger partial charge in [0.25, 0.3) is 0 Å². The summed E-state index contributed by atoms with van der Waals surface area (Å²) < 4.78 is 1.73. The Morgan fingerprint density at radius 1 is 1.40 bits per heavy atom. The third-order valence-corrected chi connectivity index (χ3v) is 4.21. The number of halogens is 1. The SMILES string of the molecule is CCc1nn(C)c(CC(=O)CCC(C)(C)CCN)c1Cl. The predicted octanol–water partition coefficient (Wildman–Crippen LogP) is 2.90. The van der Waals surface area contributed by atoms with Gasteiger partial charge in [0.1, 0.15) is 5.78 Å². The fourth-order valence-electron chi connectivity index (χ4n) is 2.28. The fourth-order valence-corrected chi connectivity index (χ4v) is 2.64. The molecule has 0 amide bonds. The van der Waals surface area contributed by atoms with Crippen LogP contribution < -0.4 is 5.73 Å². The summed E-state index contributed by atoms with van der Waals surface area (Å²) in [5.41, 5.74) is 7.39. The van der Waals surface area contributed by atoms with Crippen molar-refractivity contribution in [2.75, 3.05) is 6.54 Å². The molecule has 114 valence electrons. The molecule has 5 heteroatoms. The second-order valence-electron chi connectivity index (χ2n) is 6.10. The van der Waals surface area contributed by atoms with Crippen molar-refractivity contribution in [3.8, 4) is 0 Å². The lowest BCUT2D eigenvalue weighted by molar-refractivity contribution is -0.119. The second kappa shape index (κ2) is 7.23. The molecule has 0 saturated carbocycles. The summed E-state index contributed by atoms with van der Waals surface area (Å²) in [5.74, 6) is 0.211. The molecule has 20 heavy (non-hydrogen) atoms. The van der Waals surface area contributed by atoms with Gasteiger partial charge in [-0.1, -0.05) is 32.4 Å². The third kappa shape index (κ3) is 4.60. The van der Waals surface area contributed by atoms with E-state index < -0.39 is 0 Å². The summed E-state index contributed by atoms with van der Waals surface area (Å²) in [5, 5.41) is 4.98. The Balaban J connectivity index is 2.61. The van der Waals surface area contributed by atoms with Gasteiger partial charge in [0.2, 0.25) is 0 Å². The van der Waals surface area contributed by atoms with Crippen LogP contribution in [0.25, 0.3) is 0 Å². The number of aryl methyl sites for hydroxylation is 2. The zero-order valence-corrected chi connectivity index (χ0v) is 13.8. The van der Waals surface area contributed by atoms with Crippen LogP contribution in [0.4, 0.5) is 0 Å². The molecule has 0 saturated heterocycles. The van der Waals surface area contributed by atoms with Gasteiger partial charge in [0.05, 0.1) is 16.4 Å². The molecule has 1 rings (SSSR count). The largest absolute Gasteiger partial charge is 0.330 e. The molecule has 0 aliphatic carbocycles. The molecule has 0 aliphatic rings. The van der Waals surface area contributed by atoms with Gasteiger partial charge < -0.3 is 5.73 Å². The van der Waals surface area contributed by atoms with E-state index in [1.807, 2.05) is 14.0 Å². The molecule has 0 unspecified atom stereocenters. The molecule has 0 radical (unpaired) electrons. The van der Waals surface area contributed by atoms with E-state index in [0.717, 1.165) is 30.7 Å². The highest BCUT2D eigenvalue weighted by atomic mass is 35.5. The zero-order chi connectivity index (χ0) is 15.3. The normalized spacial score (nSPS) is 11.9. The maximum absolute atomic E-state index is 12.1. The molecule has 0 aliphatic heterocycles. The average Bonchev–Trinajstić information content (AvgIpc) is 2.64. The van der Waals surface area contributed by atoms with Gasteiger partial charge in [-0.05, 0) is 31.2 Å². The van der Waals surface area contributed by atoms with Crippen molar-refractivity contribution in [3.63, 3.8) is 0 Å². The molecule has 0 aromatic carbocycles. The highest BCUT2D eigenvalue weighted by molar-refractivity contribution is 6.32. The minimum Gasteiger partial charge on any atom is -0.330 e. The van der Waals surface area contributed by atoms with Gasteiger partial charge >= 0.3 is 0 Å². The van der Waals surface area contributed by atoms with Crippen LogP contribution in [0, 0.1) is 5.41 Å². The van der Waals surface area contributed by atoms with E-state index in [1.165, 1.54) is 0 Å². The molecule has 0 spiro atoms. The Bertz CT molecular complexity index is 466. The van der Waals surface area contributed by atoms with Crippen molar-refractivity contribution >= 4 is 17.4 Å². The van der Waals surface area contributed by atoms with E-state index in [0.29, 0.717) is 24.4 Å². The van der Waals surface area contributed by atoms with E-state index in [2.05, 4.69) is 18.9 Å². The van der Waals surface area contributed by atoms with E-state index in [9.17, 15) is 4.79 Å². The highest BCUT2D eigenvalue weighted by Gasteiger charge is 2.20. The molecule has 2 N–H and O–H groups in total. The standard InChI is InChI=1S/C15H26ClN3O/c1-5-12-14(16)13(19(4)18-12)10-11(20)6-7-15(2,3)8-9-17/h5-10,17H2,1-4H3. The molecular formula is C15H26ClN3O. The summed E-state index contributed by atoms with van der Waals surface area (Å²) in [7, 11) is 1.84. The highest BCUT2D eigenvalue weighted by Crippen LogP contribution is 2.27. The summed E-state index contributed by atoms with van der Waals surface area (Å²) in [6.45, 7) is 6.97. The lowest BCUT2D eigenvalue weighted by Gasteiger charge is -2.23. The van der Waals surface area contributed by atoms with E-state index >= 15 is 0 Å². The van der Waals surface area contributed by atoms with Crippen LogP contribution in [-0.4, -0.2) is 22.1 Å². The number of nitrogens with two attached hydrogens (primary N) is 1.